The Kier molecular flexibility index (Phi) is 4.24. The number of carbonyl (C=O) groups is 4. The number of carbonyl (C=O) groups excluding carboxylic acids is 4. The highest BCUT2D eigenvalue weighted by atomic mass is 16.5. The number of Topliss-reactive ketones (excluding diaryl/α,β-unsaturated/α-hetero) is 1. The third-order valence-corrected chi connectivity index (χ3v) is 3.02. The van der Waals surface area contributed by atoms with Crippen molar-refractivity contribution in [2.45, 2.75) is 6.92 Å². The number of nitrogens with zero attached hydrogens (tertiary/aromatic N) is 2. The Morgan fingerprint density at radius 2 is 1.73 bits per heavy atom. The molecule has 8 nitrogen and oxygen atoms in total. The Morgan fingerprint density at radius 3 is 2.18 bits per heavy atom. The highest BCUT2D eigenvalue weighted by Gasteiger charge is 2.41. The van der Waals surface area contributed by atoms with Gasteiger partial charge >= 0.3 is 11.7 Å². The third kappa shape index (κ3) is 2.55. The van der Waals surface area contributed by atoms with E-state index in [1.54, 1.807) is 12.1 Å². The summed E-state index contributed by atoms with van der Waals surface area (Å²) in [5.41, 5.74) is 6.52. The third-order valence-electron chi connectivity index (χ3n) is 3.02. The van der Waals surface area contributed by atoms with Gasteiger partial charge in [0.2, 0.25) is 0 Å². The van der Waals surface area contributed by atoms with Gasteiger partial charge in [-0.2, -0.15) is 0 Å². The molecule has 2 rings (SSSR count). The first-order valence-corrected chi connectivity index (χ1v) is 6.41. The van der Waals surface area contributed by atoms with Gasteiger partial charge in [-0.15, -0.1) is 0 Å². The van der Waals surface area contributed by atoms with Gasteiger partial charge in [0.25, 0.3) is 17.6 Å². The quantitative estimate of drug-likeness (QED) is 0.206. The summed E-state index contributed by atoms with van der Waals surface area (Å²) in [4.78, 5) is 51.2. The summed E-state index contributed by atoms with van der Waals surface area (Å²) >= 11 is 0. The minimum absolute atomic E-state index is 0.0121. The van der Waals surface area contributed by atoms with Crippen molar-refractivity contribution in [3.8, 4) is 0 Å². The van der Waals surface area contributed by atoms with Gasteiger partial charge in [0.1, 0.15) is 6.54 Å². The monoisotopic (exact) mass is 302 g/mol. The second-order valence-corrected chi connectivity index (χ2v) is 4.35. The van der Waals surface area contributed by atoms with Crippen molar-refractivity contribution in [2.24, 2.45) is 0 Å². The smallest absolute Gasteiger partial charge is 0.457 e. The van der Waals surface area contributed by atoms with Gasteiger partial charge in [0.15, 0.2) is 0 Å². The SMILES string of the molecule is CCOC(=O)C(=[N+]=N)C(=O)CN1C(=O)c2ccccc2C1=O. The molecule has 1 aliphatic heterocycles. The summed E-state index contributed by atoms with van der Waals surface area (Å²) in [5, 5.41) is 0. The van der Waals surface area contributed by atoms with Crippen LogP contribution in [0.15, 0.2) is 24.3 Å². The molecule has 1 aromatic rings. The zero-order valence-corrected chi connectivity index (χ0v) is 11.7. The Hall–Kier alpha value is -3.12. The number of ketones is 1. The molecule has 0 unspecified atom stereocenters. The van der Waals surface area contributed by atoms with Gasteiger partial charge in [-0.1, -0.05) is 12.1 Å². The molecule has 1 heterocycles. The number of fused-ring (bicyclic) bond motifs is 1. The molecule has 1 aromatic carbocycles. The molecule has 22 heavy (non-hydrogen) atoms. The van der Waals surface area contributed by atoms with E-state index in [0.29, 0.717) is 0 Å². The minimum Gasteiger partial charge on any atom is -0.457 e. The van der Waals surface area contributed by atoms with Gasteiger partial charge in [0.05, 0.1) is 28.1 Å². The highest BCUT2D eigenvalue weighted by molar-refractivity contribution is 6.63. The van der Waals surface area contributed by atoms with Crippen molar-refractivity contribution in [1.82, 2.24) is 4.90 Å². The molecule has 0 atom stereocenters. The van der Waals surface area contributed by atoms with E-state index in [4.69, 9.17) is 5.53 Å². The van der Waals surface area contributed by atoms with E-state index < -0.39 is 35.8 Å². The number of hydrogen-bond acceptors (Lipinski definition) is 6. The first kappa shape index (κ1) is 15.3. The molecule has 0 aliphatic carbocycles. The number of amides is 2. The lowest BCUT2D eigenvalue weighted by Crippen LogP contribution is -2.40. The topological polar surface area (TPSA) is 119 Å². The number of benzene rings is 1. The fourth-order valence-corrected chi connectivity index (χ4v) is 2.02. The molecule has 0 radical (unpaired) electrons. The molecule has 0 saturated carbocycles. The second kappa shape index (κ2) is 6.11. The van der Waals surface area contributed by atoms with Crippen LogP contribution >= 0.6 is 0 Å². The summed E-state index contributed by atoms with van der Waals surface area (Å²) < 4.78 is 4.60. The van der Waals surface area contributed by atoms with Gasteiger partial charge in [0, 0.05) is 0 Å². The summed E-state index contributed by atoms with van der Waals surface area (Å²) in [6.07, 6.45) is 0. The number of ether oxygens (including phenoxy) is 1. The van der Waals surface area contributed by atoms with Crippen molar-refractivity contribution in [2.75, 3.05) is 13.2 Å². The van der Waals surface area contributed by atoms with Crippen LogP contribution in [0.3, 0.4) is 0 Å². The van der Waals surface area contributed by atoms with Crippen LogP contribution < -0.4 is 0 Å². The van der Waals surface area contributed by atoms with Crippen LogP contribution in [0.25, 0.3) is 0 Å². The van der Waals surface area contributed by atoms with Crippen LogP contribution in [0.2, 0.25) is 0 Å². The fraction of sp³-hybridized carbons (Fsp3) is 0.214. The Balaban J connectivity index is 2.20. The number of esters is 1. The molecule has 8 heteroatoms. The van der Waals surface area contributed by atoms with E-state index in [2.05, 4.69) is 9.53 Å². The minimum atomic E-state index is -1.06. The van der Waals surface area contributed by atoms with Crippen molar-refractivity contribution >= 4 is 29.3 Å². The lowest BCUT2D eigenvalue weighted by molar-refractivity contribution is -0.156. The molecular formula is C14H12N3O5+. The maximum atomic E-state index is 12.1. The second-order valence-electron chi connectivity index (χ2n) is 4.35. The molecule has 112 valence electrons. The molecule has 0 spiro atoms. The van der Waals surface area contributed by atoms with Crippen LogP contribution in [0.5, 0.6) is 0 Å². The first-order valence-electron chi connectivity index (χ1n) is 6.41. The van der Waals surface area contributed by atoms with Crippen molar-refractivity contribution < 1.29 is 28.7 Å². The zero-order valence-electron chi connectivity index (χ0n) is 11.7. The van der Waals surface area contributed by atoms with Gasteiger partial charge in [-0.05, 0) is 19.1 Å². The highest BCUT2D eigenvalue weighted by Crippen LogP contribution is 2.22. The Labute approximate surface area is 124 Å². The van der Waals surface area contributed by atoms with Crippen molar-refractivity contribution in [3.05, 3.63) is 35.4 Å². The molecule has 2 amide bonds. The van der Waals surface area contributed by atoms with E-state index in [1.165, 1.54) is 19.1 Å². The van der Waals surface area contributed by atoms with Crippen molar-refractivity contribution in [1.29, 1.82) is 5.53 Å². The van der Waals surface area contributed by atoms with Crippen LogP contribution in [0.1, 0.15) is 27.6 Å². The van der Waals surface area contributed by atoms with Gasteiger partial charge < -0.3 is 4.74 Å². The number of imide groups is 1. The zero-order chi connectivity index (χ0) is 16.3. The van der Waals surface area contributed by atoms with Crippen LogP contribution in [-0.2, 0) is 14.3 Å². The molecule has 0 saturated heterocycles. The molecule has 0 fully saturated rings. The number of rotatable bonds is 5. The lowest BCUT2D eigenvalue weighted by Gasteiger charge is -2.10. The molecule has 0 bridgehead atoms. The van der Waals surface area contributed by atoms with E-state index >= 15 is 0 Å². The predicted molar refractivity (Wildman–Crippen MR) is 71.4 cm³/mol. The predicted octanol–water partition coefficient (Wildman–Crippen LogP) is 0.0950. The molecule has 1 aliphatic rings. The maximum absolute atomic E-state index is 12.1. The standard InChI is InChI=1S/C14H12N3O5/c1-2-22-14(21)11(16-15)10(18)7-17-12(19)8-5-3-4-6-9(8)13(17)20/h3-6,15H,2,7H2,1H3/q+1. The fourth-order valence-electron chi connectivity index (χ4n) is 2.02. The summed E-state index contributed by atoms with van der Waals surface area (Å²) in [7, 11) is 0. The summed E-state index contributed by atoms with van der Waals surface area (Å²) in [6, 6.07) is 6.16. The Morgan fingerprint density at radius 1 is 1.18 bits per heavy atom. The van der Waals surface area contributed by atoms with E-state index in [1.807, 2.05) is 0 Å². The van der Waals surface area contributed by atoms with Crippen LogP contribution in [0.4, 0.5) is 0 Å². The van der Waals surface area contributed by atoms with E-state index in [9.17, 15) is 19.2 Å². The van der Waals surface area contributed by atoms with E-state index in [-0.39, 0.29) is 17.7 Å². The molecule has 0 aromatic heterocycles. The molecular weight excluding hydrogens is 290 g/mol. The van der Waals surface area contributed by atoms with Gasteiger partial charge in [-0.3, -0.25) is 19.3 Å². The number of hydrogen-bond donors (Lipinski definition) is 1. The summed E-state index contributed by atoms with van der Waals surface area (Å²) in [5.74, 6) is -3.23. The van der Waals surface area contributed by atoms with Crippen LogP contribution in [-0.4, -0.2) is 52.1 Å². The Bertz CT molecular complexity index is 699. The van der Waals surface area contributed by atoms with Crippen LogP contribution in [0, 0.1) is 5.53 Å². The largest absolute Gasteiger partial charge is 0.492 e. The van der Waals surface area contributed by atoms with E-state index in [0.717, 1.165) is 4.90 Å². The first-order chi connectivity index (χ1) is 10.5. The normalized spacial score (nSPS) is 12.7. The average molecular weight is 302 g/mol. The van der Waals surface area contributed by atoms with Gasteiger partial charge in [-0.25, -0.2) is 4.79 Å². The van der Waals surface area contributed by atoms with Crippen molar-refractivity contribution in [3.63, 3.8) is 0 Å². The average Bonchev–Trinajstić information content (AvgIpc) is 2.74. The maximum Gasteiger partial charge on any atom is 0.492 e. The lowest BCUT2D eigenvalue weighted by atomic mass is 10.1. The molecule has 1 N–H and O–H groups in total. The number of nitrogens with one attached hydrogen (secondary N) is 1. The summed E-state index contributed by atoms with van der Waals surface area (Å²) in [6.45, 7) is 0.884.